The topological polar surface area (TPSA) is 81.4 Å². The Hall–Kier alpha value is -1.38. The number of esters is 1. The molecule has 36 heavy (non-hydrogen) atoms. The maximum atomic E-state index is 12.5. The molecule has 1 amide bonds. The Morgan fingerprint density at radius 1 is 0.889 bits per heavy atom. The molecule has 3 heterocycles. The molecule has 2 aliphatic carbocycles. The van der Waals surface area contributed by atoms with Gasteiger partial charge in [0.2, 0.25) is 0 Å². The Morgan fingerprint density at radius 3 is 1.92 bits per heavy atom. The van der Waals surface area contributed by atoms with E-state index in [0.29, 0.717) is 37.3 Å². The average molecular weight is 578 g/mol. The largest absolute Gasteiger partial charge is 0.461 e. The summed E-state index contributed by atoms with van der Waals surface area (Å²) in [6, 6.07) is 3.71. The zero-order chi connectivity index (χ0) is 26.1. The van der Waals surface area contributed by atoms with Crippen molar-refractivity contribution in [3.05, 3.63) is 46.0 Å². The van der Waals surface area contributed by atoms with Crippen LogP contribution in [0.15, 0.2) is 12.1 Å². The second-order valence-corrected chi connectivity index (χ2v) is 13.0. The first-order valence-electron chi connectivity index (χ1n) is 12.3. The van der Waals surface area contributed by atoms with Crippen molar-refractivity contribution in [2.24, 2.45) is 0 Å². The van der Waals surface area contributed by atoms with Gasteiger partial charge >= 0.3 is 5.97 Å². The minimum absolute atomic E-state index is 0.0854. The predicted molar refractivity (Wildman–Crippen MR) is 144 cm³/mol. The standard InChI is InChI=1S/C14H19Cl2N3O.C11H13Cl2NO2/c1-18-4-6-19(7-5-18)13(20)12-8-10-9-14(15,16)3-2-11(10)17-12;1-2-16-10(15)9-5-7-6-11(12,13)4-3-8(7)14-9/h8,17H,2-7,9H2,1H3;5,14H,2-4,6H2,1H3. The molecule has 198 valence electrons. The molecule has 1 saturated heterocycles. The number of fused-ring (bicyclic) bond motifs is 2. The lowest BCUT2D eigenvalue weighted by Crippen LogP contribution is -2.47. The smallest absolute Gasteiger partial charge is 0.354 e. The summed E-state index contributed by atoms with van der Waals surface area (Å²) < 4.78 is 3.52. The van der Waals surface area contributed by atoms with Crippen molar-refractivity contribution in [1.29, 1.82) is 0 Å². The number of H-pyrrole nitrogens is 2. The Kier molecular flexibility index (Phi) is 8.57. The summed E-state index contributed by atoms with van der Waals surface area (Å²) >= 11 is 24.6. The minimum Gasteiger partial charge on any atom is -0.461 e. The first kappa shape index (κ1) is 27.6. The third kappa shape index (κ3) is 6.73. The molecule has 0 bridgehead atoms. The lowest BCUT2D eigenvalue weighted by Gasteiger charge is -2.32. The molecule has 11 heteroatoms. The van der Waals surface area contributed by atoms with Crippen molar-refractivity contribution >= 4 is 58.3 Å². The fourth-order valence-electron chi connectivity index (χ4n) is 4.81. The number of carbonyl (C=O) groups excluding carboxylic acids is 2. The molecule has 0 spiro atoms. The number of ether oxygens (including phenoxy) is 1. The van der Waals surface area contributed by atoms with Crippen LogP contribution in [0.2, 0.25) is 0 Å². The number of aryl methyl sites for hydroxylation is 2. The van der Waals surface area contributed by atoms with E-state index in [2.05, 4.69) is 21.9 Å². The summed E-state index contributed by atoms with van der Waals surface area (Å²) in [5.74, 6) is -0.242. The molecule has 5 rings (SSSR count). The number of aromatic nitrogens is 2. The maximum Gasteiger partial charge on any atom is 0.354 e. The highest BCUT2D eigenvalue weighted by molar-refractivity contribution is 6.49. The van der Waals surface area contributed by atoms with E-state index in [-0.39, 0.29) is 11.9 Å². The van der Waals surface area contributed by atoms with Gasteiger partial charge in [-0.2, -0.15) is 0 Å². The molecule has 0 unspecified atom stereocenters. The van der Waals surface area contributed by atoms with Gasteiger partial charge in [-0.15, -0.1) is 46.4 Å². The van der Waals surface area contributed by atoms with Crippen molar-refractivity contribution in [3.8, 4) is 0 Å². The molecule has 0 aromatic carbocycles. The lowest BCUT2D eigenvalue weighted by molar-refractivity contribution is 0.0519. The van der Waals surface area contributed by atoms with Crippen LogP contribution >= 0.6 is 46.4 Å². The van der Waals surface area contributed by atoms with Crippen LogP contribution in [0.25, 0.3) is 0 Å². The Morgan fingerprint density at radius 2 is 1.39 bits per heavy atom. The highest BCUT2D eigenvalue weighted by atomic mass is 35.5. The number of aromatic amines is 2. The lowest BCUT2D eigenvalue weighted by atomic mass is 9.97. The van der Waals surface area contributed by atoms with Crippen molar-refractivity contribution in [2.45, 2.75) is 54.1 Å². The van der Waals surface area contributed by atoms with E-state index in [1.165, 1.54) is 0 Å². The summed E-state index contributed by atoms with van der Waals surface area (Å²) in [6.45, 7) is 5.58. The van der Waals surface area contributed by atoms with Crippen molar-refractivity contribution < 1.29 is 14.3 Å². The summed E-state index contributed by atoms with van der Waals surface area (Å²) in [7, 11) is 2.08. The summed E-state index contributed by atoms with van der Waals surface area (Å²) in [5.41, 5.74) is 5.40. The molecule has 0 atom stereocenters. The fourth-order valence-corrected chi connectivity index (χ4v) is 5.76. The molecular formula is C25H32Cl4N4O3. The average Bonchev–Trinajstić information content (AvgIpc) is 3.42. The van der Waals surface area contributed by atoms with Crippen LogP contribution in [0.3, 0.4) is 0 Å². The molecule has 0 radical (unpaired) electrons. The number of hydrogen-bond acceptors (Lipinski definition) is 4. The predicted octanol–water partition coefficient (Wildman–Crippen LogP) is 4.92. The normalized spacial score (nSPS) is 20.6. The first-order valence-corrected chi connectivity index (χ1v) is 13.8. The van der Waals surface area contributed by atoms with Crippen LogP contribution in [0.5, 0.6) is 0 Å². The van der Waals surface area contributed by atoms with E-state index in [9.17, 15) is 9.59 Å². The quantitative estimate of drug-likeness (QED) is 0.401. The molecule has 7 nitrogen and oxygen atoms in total. The molecule has 0 saturated carbocycles. The summed E-state index contributed by atoms with van der Waals surface area (Å²) in [6.07, 6.45) is 4.18. The van der Waals surface area contributed by atoms with Crippen molar-refractivity contribution in [2.75, 3.05) is 39.8 Å². The fraction of sp³-hybridized carbons (Fsp3) is 0.600. The molecular weight excluding hydrogens is 546 g/mol. The number of likely N-dealkylation sites (N-methyl/N-ethyl adjacent to an activating group) is 1. The van der Waals surface area contributed by atoms with Gasteiger partial charge in [-0.05, 0) is 62.9 Å². The van der Waals surface area contributed by atoms with Gasteiger partial charge in [-0.1, -0.05) is 0 Å². The number of amides is 1. The van der Waals surface area contributed by atoms with Crippen LogP contribution in [-0.2, 0) is 30.4 Å². The molecule has 1 fully saturated rings. The third-order valence-electron chi connectivity index (χ3n) is 6.88. The first-order chi connectivity index (χ1) is 17.0. The van der Waals surface area contributed by atoms with Gasteiger partial charge in [0.1, 0.15) is 20.1 Å². The Balaban J connectivity index is 0.000000174. The zero-order valence-corrected chi connectivity index (χ0v) is 23.6. The van der Waals surface area contributed by atoms with Crippen LogP contribution in [-0.4, -0.2) is 80.1 Å². The number of hydrogen-bond donors (Lipinski definition) is 2. The third-order valence-corrected chi connectivity index (χ3v) is 8.17. The molecule has 2 aromatic heterocycles. The van der Waals surface area contributed by atoms with Crippen molar-refractivity contribution in [1.82, 2.24) is 19.8 Å². The Labute approximate surface area is 231 Å². The van der Waals surface area contributed by atoms with Crippen LogP contribution in [0.1, 0.15) is 63.3 Å². The second-order valence-electron chi connectivity index (χ2n) is 9.76. The van der Waals surface area contributed by atoms with E-state index in [0.717, 1.165) is 68.0 Å². The van der Waals surface area contributed by atoms with Crippen LogP contribution < -0.4 is 0 Å². The molecule has 2 N–H and O–H groups in total. The summed E-state index contributed by atoms with van der Waals surface area (Å²) in [4.78, 5) is 34.5. The number of nitrogens with zero attached hydrogens (tertiary/aromatic N) is 2. The van der Waals surface area contributed by atoms with Gasteiger partial charge in [0.05, 0.1) is 6.61 Å². The number of halogens is 4. The molecule has 2 aromatic rings. The number of piperazine rings is 1. The van der Waals surface area contributed by atoms with Gasteiger partial charge in [-0.3, -0.25) is 4.79 Å². The van der Waals surface area contributed by atoms with Gasteiger partial charge < -0.3 is 24.5 Å². The van der Waals surface area contributed by atoms with E-state index in [4.69, 9.17) is 51.1 Å². The maximum absolute atomic E-state index is 12.5. The van der Waals surface area contributed by atoms with E-state index in [1.807, 2.05) is 11.0 Å². The van der Waals surface area contributed by atoms with Gasteiger partial charge in [-0.25, -0.2) is 4.79 Å². The number of carbonyl (C=O) groups is 2. The number of nitrogens with one attached hydrogen (secondary N) is 2. The highest BCUT2D eigenvalue weighted by Crippen LogP contribution is 2.38. The van der Waals surface area contributed by atoms with Crippen molar-refractivity contribution in [3.63, 3.8) is 0 Å². The SMILES string of the molecule is CCOC(=O)c1cc2c([nH]1)CCC(Cl)(Cl)C2.CN1CCN(C(=O)c2cc3c([nH]2)CCC(Cl)(Cl)C3)CC1. The van der Waals surface area contributed by atoms with E-state index in [1.54, 1.807) is 13.0 Å². The van der Waals surface area contributed by atoms with Crippen LogP contribution in [0, 0.1) is 0 Å². The molecule has 1 aliphatic heterocycles. The van der Waals surface area contributed by atoms with Gasteiger partial charge in [0.15, 0.2) is 0 Å². The second kappa shape index (κ2) is 11.2. The van der Waals surface area contributed by atoms with Gasteiger partial charge in [0.25, 0.3) is 5.91 Å². The Bertz CT molecular complexity index is 1100. The van der Waals surface area contributed by atoms with E-state index < -0.39 is 8.67 Å². The van der Waals surface area contributed by atoms with Crippen LogP contribution in [0.4, 0.5) is 0 Å². The van der Waals surface area contributed by atoms with E-state index >= 15 is 0 Å². The summed E-state index contributed by atoms with van der Waals surface area (Å²) in [5, 5.41) is 0. The number of alkyl halides is 4. The number of rotatable bonds is 3. The van der Waals surface area contributed by atoms with Gasteiger partial charge in [0, 0.05) is 50.4 Å². The zero-order valence-electron chi connectivity index (χ0n) is 20.6. The minimum atomic E-state index is -0.707. The monoisotopic (exact) mass is 576 g/mol. The highest BCUT2D eigenvalue weighted by Gasteiger charge is 2.33. The molecule has 3 aliphatic rings.